The third-order valence-electron chi connectivity index (χ3n) is 3.82. The highest BCUT2D eigenvalue weighted by Gasteiger charge is 2.16. The lowest BCUT2D eigenvalue weighted by molar-refractivity contribution is -0.120. The van der Waals surface area contributed by atoms with Crippen LogP contribution in [0.25, 0.3) is 0 Å². The molecule has 0 fully saturated rings. The first-order valence-electron chi connectivity index (χ1n) is 8.09. The quantitative estimate of drug-likeness (QED) is 0.777. The van der Waals surface area contributed by atoms with Crippen LogP contribution in [0.5, 0.6) is 11.5 Å². The summed E-state index contributed by atoms with van der Waals surface area (Å²) < 4.78 is 36.7. The molecule has 27 heavy (non-hydrogen) atoms. The summed E-state index contributed by atoms with van der Waals surface area (Å²) in [4.78, 5) is 24.0. The minimum atomic E-state index is -0.871. The minimum Gasteiger partial charge on any atom is -0.497 e. The maximum Gasteiger partial charge on any atom is 0.251 e. The van der Waals surface area contributed by atoms with Crippen LogP contribution in [0.4, 0.5) is 8.78 Å². The zero-order valence-electron chi connectivity index (χ0n) is 15.1. The third-order valence-corrected chi connectivity index (χ3v) is 3.82. The van der Waals surface area contributed by atoms with Crippen molar-refractivity contribution < 1.29 is 27.8 Å². The minimum absolute atomic E-state index is 0.204. The Hall–Kier alpha value is -3.16. The number of hydrogen-bond acceptors (Lipinski definition) is 4. The van der Waals surface area contributed by atoms with Crippen LogP contribution >= 0.6 is 0 Å². The molecular formula is C19H20F2N2O4. The Bertz CT molecular complexity index is 822. The smallest absolute Gasteiger partial charge is 0.251 e. The van der Waals surface area contributed by atoms with Crippen LogP contribution in [0.15, 0.2) is 36.4 Å². The predicted octanol–water partition coefficient (Wildman–Crippen LogP) is 2.59. The number of hydrogen-bond donors (Lipinski definition) is 2. The second-order valence-corrected chi connectivity index (χ2v) is 5.74. The molecule has 0 heterocycles. The van der Waals surface area contributed by atoms with Crippen molar-refractivity contribution in [3.63, 3.8) is 0 Å². The summed E-state index contributed by atoms with van der Waals surface area (Å²) >= 11 is 0. The van der Waals surface area contributed by atoms with Gasteiger partial charge in [-0.25, -0.2) is 8.78 Å². The predicted molar refractivity (Wildman–Crippen MR) is 94.8 cm³/mol. The lowest BCUT2D eigenvalue weighted by Crippen LogP contribution is -2.38. The van der Waals surface area contributed by atoms with Crippen LogP contribution in [0.1, 0.15) is 28.9 Å². The van der Waals surface area contributed by atoms with Crippen molar-refractivity contribution in [2.45, 2.75) is 13.0 Å². The van der Waals surface area contributed by atoms with E-state index in [2.05, 4.69) is 10.6 Å². The monoisotopic (exact) mass is 378 g/mol. The van der Waals surface area contributed by atoms with Crippen LogP contribution in [-0.4, -0.2) is 32.6 Å². The number of halogens is 2. The SMILES string of the molecule is COc1ccc(C(C)NC(=O)CNC(=O)c2cc(F)cc(F)c2)c(OC)c1. The molecule has 0 aliphatic carbocycles. The van der Waals surface area contributed by atoms with Gasteiger partial charge in [-0.15, -0.1) is 0 Å². The Balaban J connectivity index is 1.96. The summed E-state index contributed by atoms with van der Waals surface area (Å²) in [7, 11) is 3.04. The van der Waals surface area contributed by atoms with Crippen molar-refractivity contribution in [3.8, 4) is 11.5 Å². The van der Waals surface area contributed by atoms with Crippen molar-refractivity contribution in [2.24, 2.45) is 0 Å². The second-order valence-electron chi connectivity index (χ2n) is 5.74. The topological polar surface area (TPSA) is 76.7 Å². The molecule has 0 bridgehead atoms. The van der Waals surface area contributed by atoms with Gasteiger partial charge < -0.3 is 20.1 Å². The normalized spacial score (nSPS) is 11.4. The maximum atomic E-state index is 13.2. The molecule has 6 nitrogen and oxygen atoms in total. The Labute approximate surface area is 155 Å². The fourth-order valence-electron chi connectivity index (χ4n) is 2.49. The average molecular weight is 378 g/mol. The first-order chi connectivity index (χ1) is 12.8. The molecule has 2 N–H and O–H groups in total. The van der Waals surface area contributed by atoms with Gasteiger partial charge in [0.2, 0.25) is 5.91 Å². The van der Waals surface area contributed by atoms with Gasteiger partial charge in [0, 0.05) is 23.3 Å². The number of carbonyl (C=O) groups is 2. The number of nitrogens with one attached hydrogen (secondary N) is 2. The summed E-state index contributed by atoms with van der Waals surface area (Å²) in [6.45, 7) is 1.41. The van der Waals surface area contributed by atoms with E-state index < -0.39 is 29.5 Å². The van der Waals surface area contributed by atoms with E-state index in [0.717, 1.165) is 17.7 Å². The Morgan fingerprint density at radius 3 is 2.30 bits per heavy atom. The van der Waals surface area contributed by atoms with Gasteiger partial charge in [0.15, 0.2) is 0 Å². The number of carbonyl (C=O) groups excluding carboxylic acids is 2. The summed E-state index contributed by atoms with van der Waals surface area (Å²) in [5.74, 6) is -1.80. The molecule has 0 aliphatic rings. The van der Waals surface area contributed by atoms with Gasteiger partial charge in [0.1, 0.15) is 23.1 Å². The van der Waals surface area contributed by atoms with E-state index >= 15 is 0 Å². The van der Waals surface area contributed by atoms with Gasteiger partial charge in [-0.3, -0.25) is 9.59 Å². The summed E-state index contributed by atoms with van der Waals surface area (Å²) in [5, 5.41) is 5.04. The van der Waals surface area contributed by atoms with Gasteiger partial charge in [-0.1, -0.05) is 0 Å². The number of methoxy groups -OCH3 is 2. The first-order valence-corrected chi connectivity index (χ1v) is 8.09. The van der Waals surface area contributed by atoms with Crippen LogP contribution in [0, 0.1) is 11.6 Å². The Morgan fingerprint density at radius 2 is 1.70 bits per heavy atom. The van der Waals surface area contributed by atoms with Crippen molar-refractivity contribution in [3.05, 3.63) is 59.2 Å². The summed E-state index contributed by atoms with van der Waals surface area (Å²) in [5.41, 5.74) is 0.523. The van der Waals surface area contributed by atoms with Gasteiger partial charge in [-0.05, 0) is 31.2 Å². The molecule has 144 valence electrons. The van der Waals surface area contributed by atoms with E-state index in [1.54, 1.807) is 25.1 Å². The summed E-state index contributed by atoms with van der Waals surface area (Å²) in [6.07, 6.45) is 0. The zero-order chi connectivity index (χ0) is 20.0. The fourth-order valence-corrected chi connectivity index (χ4v) is 2.49. The molecule has 1 unspecified atom stereocenters. The zero-order valence-corrected chi connectivity index (χ0v) is 15.1. The molecule has 0 aliphatic heterocycles. The molecule has 0 saturated carbocycles. The Kier molecular flexibility index (Phi) is 6.70. The standard InChI is InChI=1S/C19H20F2N2O4/c1-11(16-5-4-15(26-2)9-17(16)27-3)23-18(24)10-22-19(25)12-6-13(20)8-14(21)7-12/h4-9,11H,10H2,1-3H3,(H,22,25)(H,23,24). The third kappa shape index (κ3) is 5.40. The second kappa shape index (κ2) is 8.98. The first kappa shape index (κ1) is 20.2. The maximum absolute atomic E-state index is 13.2. The van der Waals surface area contributed by atoms with E-state index in [4.69, 9.17) is 9.47 Å². The fraction of sp³-hybridized carbons (Fsp3) is 0.263. The number of amides is 2. The van der Waals surface area contributed by atoms with Crippen molar-refractivity contribution >= 4 is 11.8 Å². The van der Waals surface area contributed by atoms with E-state index in [1.807, 2.05) is 0 Å². The van der Waals surface area contributed by atoms with Gasteiger partial charge in [0.05, 0.1) is 26.8 Å². The van der Waals surface area contributed by atoms with E-state index in [9.17, 15) is 18.4 Å². The Morgan fingerprint density at radius 1 is 1.04 bits per heavy atom. The van der Waals surface area contributed by atoms with Crippen LogP contribution in [-0.2, 0) is 4.79 Å². The molecule has 2 aromatic carbocycles. The lowest BCUT2D eigenvalue weighted by Gasteiger charge is -2.18. The van der Waals surface area contributed by atoms with Gasteiger partial charge in [0.25, 0.3) is 5.91 Å². The van der Waals surface area contributed by atoms with E-state index in [-0.39, 0.29) is 12.1 Å². The van der Waals surface area contributed by atoms with E-state index in [1.165, 1.54) is 14.2 Å². The van der Waals surface area contributed by atoms with Gasteiger partial charge in [-0.2, -0.15) is 0 Å². The van der Waals surface area contributed by atoms with Crippen molar-refractivity contribution in [1.82, 2.24) is 10.6 Å². The molecular weight excluding hydrogens is 358 g/mol. The van der Waals surface area contributed by atoms with Crippen molar-refractivity contribution in [1.29, 1.82) is 0 Å². The highest BCUT2D eigenvalue weighted by molar-refractivity contribution is 5.96. The highest BCUT2D eigenvalue weighted by Crippen LogP contribution is 2.29. The van der Waals surface area contributed by atoms with Crippen molar-refractivity contribution in [2.75, 3.05) is 20.8 Å². The molecule has 1 atom stereocenters. The van der Waals surface area contributed by atoms with Crippen LogP contribution in [0.2, 0.25) is 0 Å². The van der Waals surface area contributed by atoms with Crippen LogP contribution in [0.3, 0.4) is 0 Å². The highest BCUT2D eigenvalue weighted by atomic mass is 19.1. The number of benzene rings is 2. The number of rotatable bonds is 7. The molecule has 2 amide bonds. The lowest BCUT2D eigenvalue weighted by atomic mass is 10.1. The van der Waals surface area contributed by atoms with E-state index in [0.29, 0.717) is 17.6 Å². The largest absolute Gasteiger partial charge is 0.497 e. The number of ether oxygens (including phenoxy) is 2. The molecule has 0 saturated heterocycles. The molecule has 0 aromatic heterocycles. The van der Waals surface area contributed by atoms with Crippen LogP contribution < -0.4 is 20.1 Å². The molecule has 2 aromatic rings. The molecule has 0 spiro atoms. The molecule has 2 rings (SSSR count). The molecule has 0 radical (unpaired) electrons. The average Bonchev–Trinajstić information content (AvgIpc) is 2.64. The summed E-state index contributed by atoms with van der Waals surface area (Å²) in [6, 6.07) is 7.23. The van der Waals surface area contributed by atoms with Gasteiger partial charge >= 0.3 is 0 Å². The molecule has 8 heteroatoms.